The summed E-state index contributed by atoms with van der Waals surface area (Å²) in [6, 6.07) is 13.9. The number of ether oxygens (including phenoxy) is 1. The Balaban J connectivity index is 1.50. The third-order valence-electron chi connectivity index (χ3n) is 3.89. The summed E-state index contributed by atoms with van der Waals surface area (Å²) in [5.74, 6) is 1.37. The number of aromatic nitrogens is 2. The lowest BCUT2D eigenvalue weighted by Gasteiger charge is -2.14. The Hall–Kier alpha value is -2.93. The molecule has 3 aromatic rings. The van der Waals surface area contributed by atoms with Crippen molar-refractivity contribution in [1.29, 1.82) is 0 Å². The molecule has 0 unspecified atom stereocenters. The van der Waals surface area contributed by atoms with Crippen LogP contribution in [0.2, 0.25) is 0 Å². The SMILES string of the molecule is c1ccc(COc2ncccc2-c2csc(NC3=NCCCN3)n2)cc1. The van der Waals surface area contributed by atoms with Gasteiger partial charge in [0.1, 0.15) is 6.61 Å². The number of hydrogen-bond acceptors (Lipinski definition) is 7. The van der Waals surface area contributed by atoms with E-state index in [1.807, 2.05) is 47.8 Å². The summed E-state index contributed by atoms with van der Waals surface area (Å²) in [4.78, 5) is 13.4. The van der Waals surface area contributed by atoms with Gasteiger partial charge in [-0.3, -0.25) is 4.99 Å². The van der Waals surface area contributed by atoms with E-state index in [9.17, 15) is 0 Å². The quantitative estimate of drug-likeness (QED) is 0.724. The fraction of sp³-hybridized carbons (Fsp3) is 0.211. The van der Waals surface area contributed by atoms with Crippen LogP contribution in [0.4, 0.5) is 5.13 Å². The standard InChI is InChI=1S/C19H19N5OS/c1-2-6-14(7-3-1)12-25-17-15(8-4-9-20-17)16-13-26-19(23-16)24-18-21-10-5-11-22-18/h1-4,6-9,13H,5,10-12H2,(H2,21,22,23,24). The van der Waals surface area contributed by atoms with Crippen molar-refractivity contribution >= 4 is 22.4 Å². The molecule has 0 saturated heterocycles. The zero-order chi connectivity index (χ0) is 17.6. The van der Waals surface area contributed by atoms with Crippen LogP contribution in [0.25, 0.3) is 11.3 Å². The number of guanidine groups is 1. The molecule has 0 saturated carbocycles. The third-order valence-corrected chi connectivity index (χ3v) is 4.65. The highest BCUT2D eigenvalue weighted by atomic mass is 32.1. The number of pyridine rings is 1. The molecule has 0 amide bonds. The summed E-state index contributed by atoms with van der Waals surface area (Å²) in [5, 5.41) is 9.26. The van der Waals surface area contributed by atoms with Crippen molar-refractivity contribution in [2.45, 2.75) is 13.0 Å². The lowest BCUT2D eigenvalue weighted by atomic mass is 10.2. The molecular weight excluding hydrogens is 346 g/mol. The van der Waals surface area contributed by atoms with Crippen LogP contribution in [0.1, 0.15) is 12.0 Å². The Morgan fingerprint density at radius 3 is 2.92 bits per heavy atom. The average Bonchev–Trinajstić information content (AvgIpc) is 3.16. The first-order chi connectivity index (χ1) is 12.9. The molecule has 3 heterocycles. The molecule has 2 N–H and O–H groups in total. The summed E-state index contributed by atoms with van der Waals surface area (Å²) in [5.41, 5.74) is 2.82. The lowest BCUT2D eigenvalue weighted by molar-refractivity contribution is 0.295. The molecule has 132 valence electrons. The molecule has 7 heteroatoms. The van der Waals surface area contributed by atoms with Crippen LogP contribution in [-0.4, -0.2) is 29.0 Å². The van der Waals surface area contributed by atoms with Crippen molar-refractivity contribution in [2.75, 3.05) is 18.4 Å². The summed E-state index contributed by atoms with van der Waals surface area (Å²) in [7, 11) is 0. The molecule has 0 atom stereocenters. The first-order valence-corrected chi connectivity index (χ1v) is 9.39. The molecule has 0 fully saturated rings. The highest BCUT2D eigenvalue weighted by Gasteiger charge is 2.13. The van der Waals surface area contributed by atoms with E-state index in [1.54, 1.807) is 6.20 Å². The van der Waals surface area contributed by atoms with Crippen molar-refractivity contribution in [3.05, 3.63) is 59.6 Å². The van der Waals surface area contributed by atoms with Crippen LogP contribution < -0.4 is 15.4 Å². The zero-order valence-electron chi connectivity index (χ0n) is 14.2. The predicted molar refractivity (Wildman–Crippen MR) is 105 cm³/mol. The minimum absolute atomic E-state index is 0.473. The smallest absolute Gasteiger partial charge is 0.223 e. The van der Waals surface area contributed by atoms with Crippen LogP contribution in [-0.2, 0) is 6.61 Å². The van der Waals surface area contributed by atoms with Crippen molar-refractivity contribution in [3.63, 3.8) is 0 Å². The molecule has 26 heavy (non-hydrogen) atoms. The largest absolute Gasteiger partial charge is 0.472 e. The van der Waals surface area contributed by atoms with E-state index in [-0.39, 0.29) is 0 Å². The third kappa shape index (κ3) is 4.00. The number of nitrogens with zero attached hydrogens (tertiary/aromatic N) is 3. The van der Waals surface area contributed by atoms with Crippen LogP contribution in [0.5, 0.6) is 5.88 Å². The highest BCUT2D eigenvalue weighted by Crippen LogP contribution is 2.31. The van der Waals surface area contributed by atoms with Crippen molar-refractivity contribution in [2.24, 2.45) is 4.99 Å². The van der Waals surface area contributed by atoms with Gasteiger partial charge in [0, 0.05) is 24.7 Å². The van der Waals surface area contributed by atoms with Crippen LogP contribution in [0, 0.1) is 0 Å². The van der Waals surface area contributed by atoms with E-state index in [2.05, 4.69) is 25.6 Å². The first-order valence-electron chi connectivity index (χ1n) is 8.51. The minimum Gasteiger partial charge on any atom is -0.472 e. The second kappa shape index (κ2) is 7.97. The van der Waals surface area contributed by atoms with Crippen molar-refractivity contribution in [3.8, 4) is 17.1 Å². The number of anilines is 1. The fourth-order valence-electron chi connectivity index (χ4n) is 2.60. The number of aliphatic imine (C=N–C) groups is 1. The van der Waals surface area contributed by atoms with Crippen molar-refractivity contribution in [1.82, 2.24) is 15.3 Å². The highest BCUT2D eigenvalue weighted by molar-refractivity contribution is 7.14. The fourth-order valence-corrected chi connectivity index (χ4v) is 3.31. The summed E-state index contributed by atoms with van der Waals surface area (Å²) in [6.45, 7) is 2.25. The Morgan fingerprint density at radius 1 is 1.15 bits per heavy atom. The van der Waals surface area contributed by atoms with E-state index in [4.69, 9.17) is 4.74 Å². The molecule has 0 bridgehead atoms. The van der Waals surface area contributed by atoms with Crippen LogP contribution in [0.3, 0.4) is 0 Å². The predicted octanol–water partition coefficient (Wildman–Crippen LogP) is 3.55. The second-order valence-corrected chi connectivity index (χ2v) is 6.66. The molecule has 0 spiro atoms. The minimum atomic E-state index is 0.473. The second-order valence-electron chi connectivity index (χ2n) is 5.80. The Morgan fingerprint density at radius 2 is 2.08 bits per heavy atom. The molecule has 0 aliphatic carbocycles. The van der Waals surface area contributed by atoms with E-state index >= 15 is 0 Å². The number of rotatable bonds is 5. The lowest BCUT2D eigenvalue weighted by Crippen LogP contribution is -2.35. The van der Waals surface area contributed by atoms with Gasteiger partial charge in [0.15, 0.2) is 11.1 Å². The zero-order valence-corrected chi connectivity index (χ0v) is 15.0. The van der Waals surface area contributed by atoms with E-state index in [1.165, 1.54) is 11.3 Å². The van der Waals surface area contributed by atoms with Crippen molar-refractivity contribution < 1.29 is 4.74 Å². The molecule has 0 radical (unpaired) electrons. The summed E-state index contributed by atoms with van der Waals surface area (Å²) in [6.07, 6.45) is 2.79. The Bertz CT molecular complexity index is 894. The average molecular weight is 365 g/mol. The first kappa shape index (κ1) is 16.5. The van der Waals surface area contributed by atoms with Gasteiger partial charge >= 0.3 is 0 Å². The van der Waals surface area contributed by atoms with E-state index < -0.39 is 0 Å². The van der Waals surface area contributed by atoms with Crippen LogP contribution >= 0.6 is 11.3 Å². The van der Waals surface area contributed by atoms with Gasteiger partial charge in [-0.2, -0.15) is 0 Å². The van der Waals surface area contributed by atoms with Gasteiger partial charge in [-0.25, -0.2) is 9.97 Å². The molecule has 4 rings (SSSR count). The Kier molecular flexibility index (Phi) is 5.07. The number of hydrogen-bond donors (Lipinski definition) is 2. The molecular formula is C19H19N5OS. The Labute approximate surface area is 156 Å². The summed E-state index contributed by atoms with van der Waals surface area (Å²) < 4.78 is 5.93. The van der Waals surface area contributed by atoms with E-state index in [0.29, 0.717) is 12.5 Å². The topological polar surface area (TPSA) is 71.4 Å². The molecule has 1 aliphatic rings. The molecule has 1 aliphatic heterocycles. The molecule has 6 nitrogen and oxygen atoms in total. The maximum atomic E-state index is 5.93. The normalized spacial score (nSPS) is 13.6. The van der Waals surface area contributed by atoms with Gasteiger partial charge in [-0.1, -0.05) is 30.3 Å². The number of nitrogens with one attached hydrogen (secondary N) is 2. The van der Waals surface area contributed by atoms with Gasteiger partial charge in [0.2, 0.25) is 5.88 Å². The number of benzene rings is 1. The maximum Gasteiger partial charge on any atom is 0.223 e. The number of thiazole rings is 1. The monoisotopic (exact) mass is 365 g/mol. The summed E-state index contributed by atoms with van der Waals surface area (Å²) >= 11 is 1.53. The molecule has 2 aromatic heterocycles. The molecule has 1 aromatic carbocycles. The van der Waals surface area contributed by atoms with Gasteiger partial charge in [0.05, 0.1) is 11.3 Å². The van der Waals surface area contributed by atoms with E-state index in [0.717, 1.165) is 47.4 Å². The van der Waals surface area contributed by atoms with Gasteiger partial charge in [-0.05, 0) is 24.1 Å². The maximum absolute atomic E-state index is 5.93. The van der Waals surface area contributed by atoms with Gasteiger partial charge in [-0.15, -0.1) is 11.3 Å². The van der Waals surface area contributed by atoms with Crippen LogP contribution in [0.15, 0.2) is 59.0 Å². The van der Waals surface area contributed by atoms with Gasteiger partial charge in [0.25, 0.3) is 0 Å². The van der Waals surface area contributed by atoms with Gasteiger partial charge < -0.3 is 15.4 Å².